The van der Waals surface area contributed by atoms with Gasteiger partial charge in [-0.2, -0.15) is 13.2 Å². The molecule has 9 heteroatoms. The highest BCUT2D eigenvalue weighted by molar-refractivity contribution is 7.09. The van der Waals surface area contributed by atoms with Gasteiger partial charge in [0.25, 0.3) is 5.91 Å². The summed E-state index contributed by atoms with van der Waals surface area (Å²) in [5, 5.41) is 3.77. The summed E-state index contributed by atoms with van der Waals surface area (Å²) in [6, 6.07) is -0.600. The standard InChI is InChI=1S/C13H13F3N4OS/c1-3-8(12-20-10(6-22-12)13(14,15)16)19-11(21)9-5-17-7(2)4-18-9/h4-6,8H,3H2,1-2H3,(H,19,21)/t8-/m0/s1. The van der Waals surface area contributed by atoms with E-state index in [-0.39, 0.29) is 10.7 Å². The van der Waals surface area contributed by atoms with Gasteiger partial charge in [0.05, 0.1) is 17.9 Å². The van der Waals surface area contributed by atoms with E-state index in [0.717, 1.165) is 16.7 Å². The first-order valence-electron chi connectivity index (χ1n) is 6.43. The number of aromatic nitrogens is 3. The number of thiazole rings is 1. The maximum atomic E-state index is 12.6. The number of halogens is 3. The molecule has 0 aliphatic heterocycles. The third-order valence-electron chi connectivity index (χ3n) is 2.84. The minimum Gasteiger partial charge on any atom is -0.341 e. The van der Waals surface area contributed by atoms with Crippen LogP contribution in [0.2, 0.25) is 0 Å². The van der Waals surface area contributed by atoms with E-state index >= 15 is 0 Å². The molecule has 1 amide bonds. The van der Waals surface area contributed by atoms with Crippen molar-refractivity contribution in [2.24, 2.45) is 0 Å². The van der Waals surface area contributed by atoms with E-state index in [0.29, 0.717) is 12.1 Å². The Morgan fingerprint density at radius 1 is 1.36 bits per heavy atom. The number of rotatable bonds is 4. The van der Waals surface area contributed by atoms with Crippen LogP contribution < -0.4 is 5.32 Å². The summed E-state index contributed by atoms with van der Waals surface area (Å²) in [5.41, 5.74) is -0.176. The van der Waals surface area contributed by atoms with Gasteiger partial charge in [-0.1, -0.05) is 6.92 Å². The Bertz CT molecular complexity index is 654. The molecule has 0 aromatic carbocycles. The van der Waals surface area contributed by atoms with Gasteiger partial charge in [-0.05, 0) is 13.3 Å². The summed E-state index contributed by atoms with van der Waals surface area (Å²) in [4.78, 5) is 23.5. The van der Waals surface area contributed by atoms with Crippen LogP contribution in [0.4, 0.5) is 13.2 Å². The minimum absolute atomic E-state index is 0.108. The van der Waals surface area contributed by atoms with Crippen LogP contribution in [0.3, 0.4) is 0 Å². The van der Waals surface area contributed by atoms with Crippen molar-refractivity contribution in [3.63, 3.8) is 0 Å². The zero-order valence-electron chi connectivity index (χ0n) is 11.8. The number of nitrogens with one attached hydrogen (secondary N) is 1. The Labute approximate surface area is 128 Å². The molecule has 0 spiro atoms. The lowest BCUT2D eigenvalue weighted by molar-refractivity contribution is -0.140. The monoisotopic (exact) mass is 330 g/mol. The number of amides is 1. The van der Waals surface area contributed by atoms with Crippen molar-refractivity contribution in [1.29, 1.82) is 0 Å². The number of alkyl halides is 3. The third kappa shape index (κ3) is 3.79. The third-order valence-corrected chi connectivity index (χ3v) is 3.80. The fourth-order valence-electron chi connectivity index (χ4n) is 1.66. The van der Waals surface area contributed by atoms with Crippen molar-refractivity contribution in [2.75, 3.05) is 0 Å². The quantitative estimate of drug-likeness (QED) is 0.935. The van der Waals surface area contributed by atoms with E-state index in [1.54, 1.807) is 13.8 Å². The van der Waals surface area contributed by atoms with Gasteiger partial charge in [0.15, 0.2) is 5.69 Å². The molecule has 5 nitrogen and oxygen atoms in total. The molecule has 0 aliphatic carbocycles. The van der Waals surface area contributed by atoms with Crippen LogP contribution in [-0.4, -0.2) is 20.9 Å². The molecule has 2 heterocycles. The predicted molar refractivity (Wildman–Crippen MR) is 74.4 cm³/mol. The first-order valence-corrected chi connectivity index (χ1v) is 7.31. The fourth-order valence-corrected chi connectivity index (χ4v) is 2.62. The van der Waals surface area contributed by atoms with Gasteiger partial charge in [-0.25, -0.2) is 9.97 Å². The van der Waals surface area contributed by atoms with Crippen molar-refractivity contribution in [2.45, 2.75) is 32.5 Å². The van der Waals surface area contributed by atoms with Gasteiger partial charge in [0, 0.05) is 11.6 Å². The molecule has 0 saturated carbocycles. The van der Waals surface area contributed by atoms with Crippen molar-refractivity contribution in [3.05, 3.63) is 39.9 Å². The van der Waals surface area contributed by atoms with E-state index in [1.165, 1.54) is 12.4 Å². The van der Waals surface area contributed by atoms with Crippen LogP contribution >= 0.6 is 11.3 Å². The van der Waals surface area contributed by atoms with Crippen molar-refractivity contribution in [1.82, 2.24) is 20.3 Å². The van der Waals surface area contributed by atoms with Crippen LogP contribution in [-0.2, 0) is 6.18 Å². The molecule has 118 valence electrons. The maximum Gasteiger partial charge on any atom is 0.434 e. The Morgan fingerprint density at radius 3 is 2.59 bits per heavy atom. The average molecular weight is 330 g/mol. The minimum atomic E-state index is -4.49. The SMILES string of the molecule is CC[C@H](NC(=O)c1cnc(C)cn1)c1nc(C(F)(F)F)cs1. The normalized spacial score (nSPS) is 13.0. The number of hydrogen-bond acceptors (Lipinski definition) is 5. The lowest BCUT2D eigenvalue weighted by atomic mass is 10.2. The van der Waals surface area contributed by atoms with Gasteiger partial charge in [0.2, 0.25) is 0 Å². The number of nitrogens with zero attached hydrogens (tertiary/aromatic N) is 3. The number of hydrogen-bond donors (Lipinski definition) is 1. The van der Waals surface area contributed by atoms with E-state index in [4.69, 9.17) is 0 Å². The zero-order valence-corrected chi connectivity index (χ0v) is 12.6. The van der Waals surface area contributed by atoms with E-state index in [2.05, 4.69) is 20.3 Å². The largest absolute Gasteiger partial charge is 0.434 e. The molecule has 0 unspecified atom stereocenters. The summed E-state index contributed by atoms with van der Waals surface area (Å²) in [6.07, 6.45) is -1.31. The molecule has 0 saturated heterocycles. The number of aryl methyl sites for hydroxylation is 1. The van der Waals surface area contributed by atoms with Crippen LogP contribution in [0, 0.1) is 6.92 Å². The zero-order chi connectivity index (χ0) is 16.3. The molecule has 2 aromatic rings. The summed E-state index contributed by atoms with van der Waals surface area (Å²) in [7, 11) is 0. The van der Waals surface area contributed by atoms with E-state index < -0.39 is 23.8 Å². The van der Waals surface area contributed by atoms with Crippen LogP contribution in [0.1, 0.15) is 46.3 Å². The predicted octanol–water partition coefficient (Wildman–Crippen LogP) is 3.14. The molecule has 2 rings (SSSR count). The van der Waals surface area contributed by atoms with Crippen molar-refractivity contribution < 1.29 is 18.0 Å². The number of carbonyl (C=O) groups is 1. The second kappa shape index (κ2) is 6.39. The lowest BCUT2D eigenvalue weighted by Gasteiger charge is -2.14. The van der Waals surface area contributed by atoms with Gasteiger partial charge in [0.1, 0.15) is 10.7 Å². The summed E-state index contributed by atoms with van der Waals surface area (Å²) in [5.74, 6) is -0.497. The molecule has 0 fully saturated rings. The van der Waals surface area contributed by atoms with Crippen molar-refractivity contribution >= 4 is 17.2 Å². The summed E-state index contributed by atoms with van der Waals surface area (Å²) < 4.78 is 37.7. The topological polar surface area (TPSA) is 67.8 Å². The first-order chi connectivity index (χ1) is 10.3. The molecular formula is C13H13F3N4OS. The molecule has 2 aromatic heterocycles. The second-order valence-corrected chi connectivity index (χ2v) is 5.44. The highest BCUT2D eigenvalue weighted by atomic mass is 32.1. The summed E-state index contributed by atoms with van der Waals surface area (Å²) >= 11 is 0.867. The molecule has 1 N–H and O–H groups in total. The Kier molecular flexibility index (Phi) is 4.74. The summed E-state index contributed by atoms with van der Waals surface area (Å²) in [6.45, 7) is 3.48. The smallest absolute Gasteiger partial charge is 0.341 e. The van der Waals surface area contributed by atoms with Gasteiger partial charge in [-0.15, -0.1) is 11.3 Å². The number of carbonyl (C=O) groups excluding carboxylic acids is 1. The van der Waals surface area contributed by atoms with E-state index in [1.807, 2.05) is 0 Å². The molecule has 0 aliphatic rings. The van der Waals surface area contributed by atoms with Gasteiger partial charge in [-0.3, -0.25) is 9.78 Å². The van der Waals surface area contributed by atoms with Crippen LogP contribution in [0.25, 0.3) is 0 Å². The maximum absolute atomic E-state index is 12.6. The Hall–Kier alpha value is -2.03. The van der Waals surface area contributed by atoms with Crippen molar-refractivity contribution in [3.8, 4) is 0 Å². The average Bonchev–Trinajstić information content (AvgIpc) is 2.95. The molecule has 22 heavy (non-hydrogen) atoms. The molecule has 0 radical (unpaired) electrons. The fraction of sp³-hybridized carbons (Fsp3) is 0.385. The Balaban J connectivity index is 2.13. The Morgan fingerprint density at radius 2 is 2.09 bits per heavy atom. The van der Waals surface area contributed by atoms with E-state index in [9.17, 15) is 18.0 Å². The van der Waals surface area contributed by atoms with Crippen LogP contribution in [0.5, 0.6) is 0 Å². The highest BCUT2D eigenvalue weighted by Gasteiger charge is 2.34. The second-order valence-electron chi connectivity index (χ2n) is 4.55. The van der Waals surface area contributed by atoms with Gasteiger partial charge < -0.3 is 5.32 Å². The first kappa shape index (κ1) is 16.3. The molecule has 1 atom stereocenters. The molecular weight excluding hydrogens is 317 g/mol. The van der Waals surface area contributed by atoms with Crippen LogP contribution in [0.15, 0.2) is 17.8 Å². The highest BCUT2D eigenvalue weighted by Crippen LogP contribution is 2.32. The molecule has 0 bridgehead atoms. The lowest BCUT2D eigenvalue weighted by Crippen LogP contribution is -2.29. The van der Waals surface area contributed by atoms with Gasteiger partial charge >= 0.3 is 6.18 Å².